The van der Waals surface area contributed by atoms with Crippen LogP contribution in [0.1, 0.15) is 12.8 Å². The minimum Gasteiger partial charge on any atom is -0.480 e. The second-order valence-corrected chi connectivity index (χ2v) is 4.20. The SMILES string of the molecule is N#CC(/C=C/N1CC2CCC(C1)O2)C(=O)O. The molecule has 2 saturated heterocycles. The van der Waals surface area contributed by atoms with E-state index in [0.29, 0.717) is 0 Å². The van der Waals surface area contributed by atoms with Crippen molar-refractivity contribution in [2.45, 2.75) is 25.0 Å². The summed E-state index contributed by atoms with van der Waals surface area (Å²) >= 11 is 0. The zero-order valence-electron chi connectivity index (χ0n) is 8.87. The molecule has 0 spiro atoms. The molecule has 2 heterocycles. The Hall–Kier alpha value is -1.54. The highest BCUT2D eigenvalue weighted by Gasteiger charge is 2.32. The van der Waals surface area contributed by atoms with Gasteiger partial charge in [0.15, 0.2) is 5.92 Å². The van der Waals surface area contributed by atoms with Crippen LogP contribution < -0.4 is 0 Å². The van der Waals surface area contributed by atoms with Crippen molar-refractivity contribution in [3.63, 3.8) is 0 Å². The van der Waals surface area contributed by atoms with E-state index in [0.717, 1.165) is 25.9 Å². The van der Waals surface area contributed by atoms with Gasteiger partial charge in [0.05, 0.1) is 18.3 Å². The van der Waals surface area contributed by atoms with Crippen LogP contribution in [0.4, 0.5) is 0 Å². The molecule has 0 aromatic rings. The third kappa shape index (κ3) is 2.34. The third-order valence-electron chi connectivity index (χ3n) is 2.97. The Morgan fingerprint density at radius 3 is 2.62 bits per heavy atom. The third-order valence-corrected chi connectivity index (χ3v) is 2.97. The van der Waals surface area contributed by atoms with Crippen molar-refractivity contribution in [1.29, 1.82) is 5.26 Å². The number of carboxylic acids is 1. The molecule has 0 aliphatic carbocycles. The molecule has 2 fully saturated rings. The van der Waals surface area contributed by atoms with Gasteiger partial charge in [-0.05, 0) is 25.1 Å². The maximum atomic E-state index is 10.6. The first kappa shape index (κ1) is 11.0. The number of nitrogens with zero attached hydrogens (tertiary/aromatic N) is 2. The molecule has 5 nitrogen and oxygen atoms in total. The quantitative estimate of drug-likeness (QED) is 0.756. The highest BCUT2D eigenvalue weighted by atomic mass is 16.5. The lowest BCUT2D eigenvalue weighted by Crippen LogP contribution is -2.39. The van der Waals surface area contributed by atoms with Gasteiger partial charge in [-0.1, -0.05) is 0 Å². The Morgan fingerprint density at radius 1 is 1.50 bits per heavy atom. The summed E-state index contributed by atoms with van der Waals surface area (Å²) in [6.07, 6.45) is 5.86. The van der Waals surface area contributed by atoms with E-state index >= 15 is 0 Å². The van der Waals surface area contributed by atoms with Crippen molar-refractivity contribution in [3.8, 4) is 6.07 Å². The molecular weight excluding hydrogens is 208 g/mol. The summed E-state index contributed by atoms with van der Waals surface area (Å²) in [5, 5.41) is 17.3. The lowest BCUT2D eigenvalue weighted by molar-refractivity contribution is -0.138. The Balaban J connectivity index is 1.92. The van der Waals surface area contributed by atoms with Gasteiger partial charge in [-0.3, -0.25) is 4.79 Å². The number of carbonyl (C=O) groups is 1. The normalized spacial score (nSPS) is 30.3. The van der Waals surface area contributed by atoms with E-state index in [1.54, 1.807) is 12.3 Å². The number of hydrogen-bond acceptors (Lipinski definition) is 4. The monoisotopic (exact) mass is 222 g/mol. The van der Waals surface area contributed by atoms with Crippen molar-refractivity contribution in [2.24, 2.45) is 5.92 Å². The molecule has 3 atom stereocenters. The standard InChI is InChI=1S/C11H14N2O3/c12-5-8(11(14)15)3-4-13-6-9-1-2-10(7-13)16-9/h3-4,8-10H,1-2,6-7H2,(H,14,15)/b4-3+. The summed E-state index contributed by atoms with van der Waals surface area (Å²) in [7, 11) is 0. The largest absolute Gasteiger partial charge is 0.480 e. The highest BCUT2D eigenvalue weighted by molar-refractivity contribution is 5.75. The van der Waals surface area contributed by atoms with E-state index < -0.39 is 11.9 Å². The van der Waals surface area contributed by atoms with Crippen LogP contribution >= 0.6 is 0 Å². The first-order valence-corrected chi connectivity index (χ1v) is 5.39. The Bertz CT molecular complexity index is 336. The van der Waals surface area contributed by atoms with Crippen LogP contribution in [0.5, 0.6) is 0 Å². The van der Waals surface area contributed by atoms with Crippen LogP contribution in [0, 0.1) is 17.2 Å². The number of likely N-dealkylation sites (tertiary alicyclic amines) is 1. The number of fused-ring (bicyclic) bond motifs is 2. The number of morpholine rings is 1. The molecule has 2 aliphatic heterocycles. The van der Waals surface area contributed by atoms with Crippen molar-refractivity contribution in [3.05, 3.63) is 12.3 Å². The van der Waals surface area contributed by atoms with Crippen molar-refractivity contribution in [1.82, 2.24) is 4.90 Å². The fraction of sp³-hybridized carbons (Fsp3) is 0.636. The molecule has 5 heteroatoms. The summed E-state index contributed by atoms with van der Waals surface area (Å²) in [6.45, 7) is 1.59. The van der Waals surface area contributed by atoms with Gasteiger partial charge in [0.2, 0.25) is 0 Å². The molecule has 0 amide bonds. The van der Waals surface area contributed by atoms with E-state index in [9.17, 15) is 4.79 Å². The van der Waals surface area contributed by atoms with Crippen molar-refractivity contribution >= 4 is 5.97 Å². The molecule has 2 rings (SSSR count). The number of nitriles is 1. The number of aliphatic carboxylic acids is 1. The first-order chi connectivity index (χ1) is 7.69. The fourth-order valence-electron chi connectivity index (χ4n) is 2.16. The first-order valence-electron chi connectivity index (χ1n) is 5.39. The predicted octanol–water partition coefficient (Wildman–Crippen LogP) is 0.588. The predicted molar refractivity (Wildman–Crippen MR) is 55.3 cm³/mol. The lowest BCUT2D eigenvalue weighted by Gasteiger charge is -2.31. The minimum atomic E-state index is -1.10. The topological polar surface area (TPSA) is 73.6 Å². The van der Waals surface area contributed by atoms with Crippen LogP contribution in [0.3, 0.4) is 0 Å². The van der Waals surface area contributed by atoms with Gasteiger partial charge in [0.1, 0.15) is 0 Å². The molecule has 2 aliphatic rings. The molecular formula is C11H14N2O3. The molecule has 0 aromatic carbocycles. The van der Waals surface area contributed by atoms with Gasteiger partial charge >= 0.3 is 5.97 Å². The summed E-state index contributed by atoms with van der Waals surface area (Å²) in [6, 6.07) is 1.73. The number of hydrogen-bond donors (Lipinski definition) is 1. The zero-order valence-corrected chi connectivity index (χ0v) is 8.87. The number of ether oxygens (including phenoxy) is 1. The van der Waals surface area contributed by atoms with Crippen molar-refractivity contribution < 1.29 is 14.6 Å². The van der Waals surface area contributed by atoms with Gasteiger partial charge in [-0.25, -0.2) is 0 Å². The molecule has 1 N–H and O–H groups in total. The summed E-state index contributed by atoms with van der Waals surface area (Å²) < 4.78 is 5.65. The molecule has 0 radical (unpaired) electrons. The zero-order chi connectivity index (χ0) is 11.5. The van der Waals surface area contributed by atoms with Crippen LogP contribution in [0.2, 0.25) is 0 Å². The highest BCUT2D eigenvalue weighted by Crippen LogP contribution is 2.26. The second-order valence-electron chi connectivity index (χ2n) is 4.20. The fourth-order valence-corrected chi connectivity index (χ4v) is 2.16. The molecule has 3 unspecified atom stereocenters. The molecule has 2 bridgehead atoms. The molecule has 16 heavy (non-hydrogen) atoms. The lowest BCUT2D eigenvalue weighted by atomic mass is 10.2. The number of rotatable bonds is 3. The minimum absolute atomic E-state index is 0.272. The molecule has 0 saturated carbocycles. The number of carboxylic acid groups (broad SMARTS) is 1. The smallest absolute Gasteiger partial charge is 0.324 e. The summed E-state index contributed by atoms with van der Waals surface area (Å²) in [5.74, 6) is -2.16. The van der Waals surface area contributed by atoms with Crippen LogP contribution in [-0.2, 0) is 9.53 Å². The van der Waals surface area contributed by atoms with E-state index in [-0.39, 0.29) is 12.2 Å². The summed E-state index contributed by atoms with van der Waals surface area (Å²) in [5.41, 5.74) is 0. The molecule has 0 aromatic heterocycles. The van der Waals surface area contributed by atoms with Crippen molar-refractivity contribution in [2.75, 3.05) is 13.1 Å². The Labute approximate surface area is 93.9 Å². The summed E-state index contributed by atoms with van der Waals surface area (Å²) in [4.78, 5) is 12.7. The van der Waals surface area contributed by atoms with Gasteiger partial charge in [0.25, 0.3) is 0 Å². The van der Waals surface area contributed by atoms with E-state index in [2.05, 4.69) is 0 Å². The van der Waals surface area contributed by atoms with Gasteiger partial charge in [0, 0.05) is 13.1 Å². The van der Waals surface area contributed by atoms with E-state index in [1.807, 2.05) is 4.90 Å². The van der Waals surface area contributed by atoms with Crippen LogP contribution in [0.25, 0.3) is 0 Å². The van der Waals surface area contributed by atoms with E-state index in [1.165, 1.54) is 6.08 Å². The Kier molecular flexibility index (Phi) is 3.11. The van der Waals surface area contributed by atoms with Crippen LogP contribution in [-0.4, -0.2) is 41.3 Å². The maximum absolute atomic E-state index is 10.6. The van der Waals surface area contributed by atoms with Gasteiger partial charge in [-0.2, -0.15) is 5.26 Å². The van der Waals surface area contributed by atoms with Crippen LogP contribution in [0.15, 0.2) is 12.3 Å². The molecule has 86 valence electrons. The second kappa shape index (κ2) is 4.54. The average molecular weight is 222 g/mol. The van der Waals surface area contributed by atoms with E-state index in [4.69, 9.17) is 15.1 Å². The maximum Gasteiger partial charge on any atom is 0.324 e. The Morgan fingerprint density at radius 2 is 2.12 bits per heavy atom. The van der Waals surface area contributed by atoms with Gasteiger partial charge < -0.3 is 14.7 Å². The van der Waals surface area contributed by atoms with Gasteiger partial charge in [-0.15, -0.1) is 0 Å². The average Bonchev–Trinajstić information content (AvgIpc) is 2.58.